The standard InChI is InChI=1S/C12H26O4S.Na/c1-3-5-6-7-8-9-10-11-12(4-2)16-17(13,14)15;/h12H,3-11H2,1-2H3,(H,13,14,15);/q;+1/p-1. The molecule has 0 heterocycles. The zero-order valence-electron chi connectivity index (χ0n) is 12.0. The van der Waals surface area contributed by atoms with E-state index in [1.165, 1.54) is 32.1 Å². The Hall–Kier alpha value is 0.870. The zero-order valence-corrected chi connectivity index (χ0v) is 14.8. The van der Waals surface area contributed by atoms with Gasteiger partial charge in [-0.05, 0) is 12.8 Å². The predicted octanol–water partition coefficient (Wildman–Crippen LogP) is 0.387. The van der Waals surface area contributed by atoms with Crippen LogP contribution in [0.25, 0.3) is 0 Å². The second kappa shape index (κ2) is 12.9. The fraction of sp³-hybridized carbons (Fsp3) is 1.00. The molecule has 0 aromatic rings. The summed E-state index contributed by atoms with van der Waals surface area (Å²) in [5, 5.41) is 0. The van der Waals surface area contributed by atoms with Gasteiger partial charge in [0.15, 0.2) is 0 Å². The number of unbranched alkanes of at least 4 members (excludes halogenated alkanes) is 6. The first-order valence-electron chi connectivity index (χ1n) is 6.63. The van der Waals surface area contributed by atoms with Gasteiger partial charge in [0.25, 0.3) is 0 Å². The molecule has 0 aliphatic carbocycles. The smallest absolute Gasteiger partial charge is 0.726 e. The van der Waals surface area contributed by atoms with Crippen LogP contribution in [-0.4, -0.2) is 19.1 Å². The van der Waals surface area contributed by atoms with Gasteiger partial charge in [-0.15, -0.1) is 0 Å². The predicted molar refractivity (Wildman–Crippen MR) is 67.5 cm³/mol. The first kappa shape index (κ1) is 21.2. The topological polar surface area (TPSA) is 66.4 Å². The largest absolute Gasteiger partial charge is 1.00 e. The molecule has 0 saturated carbocycles. The molecule has 1 atom stereocenters. The summed E-state index contributed by atoms with van der Waals surface area (Å²) in [4.78, 5) is 0. The third kappa shape index (κ3) is 14.9. The van der Waals surface area contributed by atoms with Crippen LogP contribution in [0.2, 0.25) is 0 Å². The maximum Gasteiger partial charge on any atom is 1.00 e. The molecule has 0 aliphatic heterocycles. The zero-order chi connectivity index (χ0) is 13.1. The van der Waals surface area contributed by atoms with E-state index in [1.54, 1.807) is 0 Å². The van der Waals surface area contributed by atoms with Crippen molar-refractivity contribution in [1.82, 2.24) is 0 Å². The van der Waals surface area contributed by atoms with Gasteiger partial charge in [-0.2, -0.15) is 0 Å². The van der Waals surface area contributed by atoms with Crippen LogP contribution < -0.4 is 29.6 Å². The normalized spacial score (nSPS) is 13.1. The number of hydrogen-bond donors (Lipinski definition) is 0. The van der Waals surface area contributed by atoms with Crippen molar-refractivity contribution >= 4 is 10.4 Å². The van der Waals surface area contributed by atoms with Crippen molar-refractivity contribution in [3.8, 4) is 0 Å². The molecule has 0 bridgehead atoms. The van der Waals surface area contributed by atoms with E-state index in [-0.39, 0.29) is 29.6 Å². The molecule has 18 heavy (non-hydrogen) atoms. The fourth-order valence-corrected chi connectivity index (χ4v) is 2.38. The molecule has 0 amide bonds. The minimum absolute atomic E-state index is 0. The van der Waals surface area contributed by atoms with E-state index in [1.807, 2.05) is 6.92 Å². The molecule has 0 radical (unpaired) electrons. The Kier molecular flexibility index (Phi) is 15.2. The van der Waals surface area contributed by atoms with Crippen molar-refractivity contribution in [3.63, 3.8) is 0 Å². The summed E-state index contributed by atoms with van der Waals surface area (Å²) in [6.45, 7) is 4.02. The third-order valence-corrected chi connectivity index (χ3v) is 3.35. The monoisotopic (exact) mass is 288 g/mol. The third-order valence-electron chi connectivity index (χ3n) is 2.84. The van der Waals surface area contributed by atoms with Crippen molar-refractivity contribution in [2.75, 3.05) is 0 Å². The van der Waals surface area contributed by atoms with Gasteiger partial charge in [-0.1, -0.05) is 58.8 Å². The van der Waals surface area contributed by atoms with Crippen LogP contribution in [0.1, 0.15) is 71.6 Å². The van der Waals surface area contributed by atoms with Crippen LogP contribution in [0.3, 0.4) is 0 Å². The fourth-order valence-electron chi connectivity index (χ4n) is 1.82. The maximum absolute atomic E-state index is 10.4. The second-order valence-electron chi connectivity index (χ2n) is 4.44. The van der Waals surface area contributed by atoms with E-state index in [0.29, 0.717) is 12.8 Å². The summed E-state index contributed by atoms with van der Waals surface area (Å²) in [5.74, 6) is 0. The first-order chi connectivity index (χ1) is 7.99. The minimum Gasteiger partial charge on any atom is -0.726 e. The van der Waals surface area contributed by atoms with Gasteiger partial charge in [0.05, 0.1) is 6.10 Å². The van der Waals surface area contributed by atoms with Gasteiger partial charge in [0, 0.05) is 0 Å². The summed E-state index contributed by atoms with van der Waals surface area (Å²) in [6, 6.07) is 0. The van der Waals surface area contributed by atoms with Crippen LogP contribution in [0.15, 0.2) is 0 Å². The van der Waals surface area contributed by atoms with Gasteiger partial charge in [-0.25, -0.2) is 8.42 Å². The summed E-state index contributed by atoms with van der Waals surface area (Å²) < 4.78 is 35.7. The molecule has 6 heteroatoms. The average Bonchev–Trinajstić information content (AvgIpc) is 2.24. The van der Waals surface area contributed by atoms with E-state index < -0.39 is 16.5 Å². The molecule has 0 aliphatic rings. The molecule has 0 spiro atoms. The van der Waals surface area contributed by atoms with Gasteiger partial charge >= 0.3 is 29.6 Å². The Labute approximate surface area is 134 Å². The van der Waals surface area contributed by atoms with Crippen LogP contribution in [0.4, 0.5) is 0 Å². The van der Waals surface area contributed by atoms with Crippen LogP contribution in [-0.2, 0) is 14.6 Å². The molecule has 0 aromatic carbocycles. The van der Waals surface area contributed by atoms with Crippen molar-refractivity contribution in [2.24, 2.45) is 0 Å². The van der Waals surface area contributed by atoms with E-state index in [9.17, 15) is 13.0 Å². The second-order valence-corrected chi connectivity index (χ2v) is 5.45. The van der Waals surface area contributed by atoms with Crippen molar-refractivity contribution < 1.29 is 46.7 Å². The molecule has 0 saturated heterocycles. The Morgan fingerprint density at radius 2 is 1.50 bits per heavy atom. The Balaban J connectivity index is 0. The van der Waals surface area contributed by atoms with Gasteiger partial charge in [-0.3, -0.25) is 4.18 Å². The van der Waals surface area contributed by atoms with Crippen molar-refractivity contribution in [2.45, 2.75) is 77.7 Å². The van der Waals surface area contributed by atoms with Crippen LogP contribution in [0, 0.1) is 0 Å². The summed E-state index contributed by atoms with van der Waals surface area (Å²) in [5.41, 5.74) is 0. The van der Waals surface area contributed by atoms with Crippen molar-refractivity contribution in [3.05, 3.63) is 0 Å². The van der Waals surface area contributed by atoms with Gasteiger partial charge in [0.2, 0.25) is 10.4 Å². The average molecular weight is 288 g/mol. The molecule has 0 aromatic heterocycles. The molecule has 104 valence electrons. The minimum atomic E-state index is -4.54. The summed E-state index contributed by atoms with van der Waals surface area (Å²) in [7, 11) is -4.54. The molecule has 0 rings (SSSR count). The molecule has 1 unspecified atom stereocenters. The first-order valence-corrected chi connectivity index (χ1v) is 7.97. The Morgan fingerprint density at radius 1 is 1.00 bits per heavy atom. The Bertz CT molecular complexity index is 267. The van der Waals surface area contributed by atoms with Crippen LogP contribution >= 0.6 is 0 Å². The van der Waals surface area contributed by atoms with E-state index >= 15 is 0 Å². The van der Waals surface area contributed by atoms with Crippen LogP contribution in [0.5, 0.6) is 0 Å². The molecular formula is C12H25NaO4S. The number of rotatable bonds is 11. The maximum atomic E-state index is 10.4. The molecule has 0 N–H and O–H groups in total. The summed E-state index contributed by atoms with van der Waals surface area (Å²) in [6.07, 6.45) is 9.03. The van der Waals surface area contributed by atoms with E-state index in [2.05, 4.69) is 11.1 Å². The quantitative estimate of drug-likeness (QED) is 0.239. The van der Waals surface area contributed by atoms with Gasteiger partial charge < -0.3 is 4.55 Å². The SMILES string of the molecule is CCCCCCCCCC(CC)OS(=O)(=O)[O-].[Na+]. The number of hydrogen-bond acceptors (Lipinski definition) is 4. The Morgan fingerprint density at radius 3 is 1.94 bits per heavy atom. The van der Waals surface area contributed by atoms with E-state index in [4.69, 9.17) is 0 Å². The summed E-state index contributed by atoms with van der Waals surface area (Å²) >= 11 is 0. The molecule has 4 nitrogen and oxygen atoms in total. The van der Waals surface area contributed by atoms with Gasteiger partial charge in [0.1, 0.15) is 0 Å². The molecular weight excluding hydrogens is 263 g/mol. The van der Waals surface area contributed by atoms with Crippen molar-refractivity contribution in [1.29, 1.82) is 0 Å². The van der Waals surface area contributed by atoms with E-state index in [0.717, 1.165) is 12.8 Å². The molecule has 0 fully saturated rings.